The van der Waals surface area contributed by atoms with Crippen molar-refractivity contribution in [3.05, 3.63) is 53.9 Å². The maximum absolute atomic E-state index is 12.8. The lowest BCUT2D eigenvalue weighted by atomic mass is 9.87. The summed E-state index contributed by atoms with van der Waals surface area (Å²) in [6.45, 7) is 10.8. The van der Waals surface area contributed by atoms with Crippen LogP contribution in [0, 0.1) is 19.8 Å². The Morgan fingerprint density at radius 2 is 1.76 bits per heavy atom. The molecule has 1 aliphatic carbocycles. The summed E-state index contributed by atoms with van der Waals surface area (Å²) in [6.07, 6.45) is 11.4. The average molecular weight is 615 g/mol. The summed E-state index contributed by atoms with van der Waals surface area (Å²) >= 11 is 0. The van der Waals surface area contributed by atoms with Crippen molar-refractivity contribution in [2.24, 2.45) is 5.92 Å². The van der Waals surface area contributed by atoms with Crippen molar-refractivity contribution in [1.82, 2.24) is 19.9 Å². The van der Waals surface area contributed by atoms with Gasteiger partial charge < -0.3 is 25.0 Å². The van der Waals surface area contributed by atoms with Gasteiger partial charge in [0, 0.05) is 43.6 Å². The molecule has 2 N–H and O–H groups in total. The second kappa shape index (κ2) is 14.3. The molecule has 10 nitrogen and oxygen atoms in total. The Balaban J connectivity index is 1.26. The van der Waals surface area contributed by atoms with Gasteiger partial charge in [-0.25, -0.2) is 19.7 Å². The Morgan fingerprint density at radius 3 is 2.53 bits per heavy atom. The molecule has 3 heterocycles. The van der Waals surface area contributed by atoms with Crippen LogP contribution >= 0.6 is 0 Å². The number of nitrogens with one attached hydrogen (secondary N) is 2. The van der Waals surface area contributed by atoms with Crippen LogP contribution in [0.1, 0.15) is 83.3 Å². The third-order valence-electron chi connectivity index (χ3n) is 8.53. The van der Waals surface area contributed by atoms with Crippen molar-refractivity contribution in [2.45, 2.75) is 97.6 Å². The molecule has 2 aliphatic rings. The predicted octanol–water partition coefficient (Wildman–Crippen LogP) is 7.67. The van der Waals surface area contributed by atoms with Crippen molar-refractivity contribution in [3.8, 4) is 22.9 Å². The SMILES string of the molecule is Cc1c(NC(=O)CC2CCCCC2)ccc(Oc2ncccc2-c2ccnc(NC3CCCN(C(=O)OC(C)(C)C)C3)n2)c1C. The van der Waals surface area contributed by atoms with Crippen LogP contribution in [0.15, 0.2) is 42.7 Å². The number of amides is 2. The molecule has 2 amide bonds. The van der Waals surface area contributed by atoms with Crippen LogP contribution in [-0.2, 0) is 9.53 Å². The molecule has 0 radical (unpaired) electrons. The van der Waals surface area contributed by atoms with Crippen molar-refractivity contribution < 1.29 is 19.1 Å². The van der Waals surface area contributed by atoms with Gasteiger partial charge in [-0.3, -0.25) is 4.79 Å². The van der Waals surface area contributed by atoms with Gasteiger partial charge in [0.1, 0.15) is 11.4 Å². The molecule has 240 valence electrons. The second-order valence-electron chi connectivity index (χ2n) is 13.3. The van der Waals surface area contributed by atoms with E-state index in [1.807, 2.05) is 65.0 Å². The zero-order chi connectivity index (χ0) is 32.0. The minimum absolute atomic E-state index is 0.00145. The number of rotatable bonds is 8. The molecule has 5 rings (SSSR count). The fourth-order valence-corrected chi connectivity index (χ4v) is 6.02. The summed E-state index contributed by atoms with van der Waals surface area (Å²) in [7, 11) is 0. The summed E-state index contributed by atoms with van der Waals surface area (Å²) in [5, 5.41) is 6.53. The third-order valence-corrected chi connectivity index (χ3v) is 8.53. The quantitative estimate of drug-likeness (QED) is 0.265. The molecule has 1 atom stereocenters. The molecule has 10 heteroatoms. The number of aromatic nitrogens is 3. The molecule has 1 unspecified atom stereocenters. The Kier molecular flexibility index (Phi) is 10.2. The Morgan fingerprint density at radius 1 is 0.956 bits per heavy atom. The van der Waals surface area contributed by atoms with E-state index in [0.717, 1.165) is 48.1 Å². The van der Waals surface area contributed by atoms with Crippen LogP contribution in [0.4, 0.5) is 16.4 Å². The predicted molar refractivity (Wildman–Crippen MR) is 176 cm³/mol. The van der Waals surface area contributed by atoms with E-state index in [0.29, 0.717) is 48.7 Å². The van der Waals surface area contributed by atoms with Gasteiger partial charge in [0.25, 0.3) is 0 Å². The van der Waals surface area contributed by atoms with Crippen LogP contribution in [0.5, 0.6) is 11.6 Å². The number of hydrogen-bond acceptors (Lipinski definition) is 8. The van der Waals surface area contributed by atoms with Gasteiger partial charge in [-0.1, -0.05) is 19.3 Å². The van der Waals surface area contributed by atoms with E-state index >= 15 is 0 Å². The lowest BCUT2D eigenvalue weighted by Gasteiger charge is -2.34. The number of carbonyl (C=O) groups excluding carboxylic acids is 2. The number of hydrogen-bond donors (Lipinski definition) is 2. The van der Waals surface area contributed by atoms with Gasteiger partial charge >= 0.3 is 6.09 Å². The molecule has 0 bridgehead atoms. The smallest absolute Gasteiger partial charge is 0.410 e. The molecule has 1 aromatic carbocycles. The zero-order valence-corrected chi connectivity index (χ0v) is 27.2. The largest absolute Gasteiger partial charge is 0.444 e. The number of benzene rings is 1. The highest BCUT2D eigenvalue weighted by Crippen LogP contribution is 2.35. The van der Waals surface area contributed by atoms with E-state index in [1.165, 1.54) is 19.3 Å². The summed E-state index contributed by atoms with van der Waals surface area (Å²) in [5.41, 5.74) is 3.55. The number of anilines is 2. The maximum atomic E-state index is 12.8. The van der Waals surface area contributed by atoms with E-state index in [2.05, 4.69) is 20.6 Å². The Labute approximate surface area is 266 Å². The lowest BCUT2D eigenvalue weighted by molar-refractivity contribution is -0.117. The van der Waals surface area contributed by atoms with Crippen molar-refractivity contribution in [2.75, 3.05) is 23.7 Å². The van der Waals surface area contributed by atoms with Crippen LogP contribution < -0.4 is 15.4 Å². The molecular weight excluding hydrogens is 568 g/mol. The second-order valence-corrected chi connectivity index (χ2v) is 13.3. The van der Waals surface area contributed by atoms with Gasteiger partial charge in [-0.15, -0.1) is 0 Å². The number of ether oxygens (including phenoxy) is 2. The van der Waals surface area contributed by atoms with Gasteiger partial charge in [0.2, 0.25) is 17.7 Å². The first-order valence-corrected chi connectivity index (χ1v) is 16.2. The van der Waals surface area contributed by atoms with Crippen LogP contribution in [0.3, 0.4) is 0 Å². The van der Waals surface area contributed by atoms with E-state index < -0.39 is 5.60 Å². The van der Waals surface area contributed by atoms with Gasteiger partial charge in [0.15, 0.2) is 0 Å². The van der Waals surface area contributed by atoms with Crippen molar-refractivity contribution in [3.63, 3.8) is 0 Å². The Bertz CT molecular complexity index is 1500. The summed E-state index contributed by atoms with van der Waals surface area (Å²) in [5.74, 6) is 2.11. The molecule has 2 aromatic heterocycles. The fourth-order valence-electron chi connectivity index (χ4n) is 6.02. The first kappa shape index (κ1) is 32.2. The topological polar surface area (TPSA) is 119 Å². The minimum atomic E-state index is -0.540. The molecular formula is C35H46N6O4. The van der Waals surface area contributed by atoms with Crippen LogP contribution in [0.25, 0.3) is 11.3 Å². The average Bonchev–Trinajstić information content (AvgIpc) is 3.01. The first-order valence-electron chi connectivity index (χ1n) is 16.2. The van der Waals surface area contributed by atoms with E-state index in [4.69, 9.17) is 14.5 Å². The highest BCUT2D eigenvalue weighted by Gasteiger charge is 2.28. The molecule has 1 saturated carbocycles. The van der Waals surface area contributed by atoms with E-state index in [-0.39, 0.29) is 18.0 Å². The maximum Gasteiger partial charge on any atom is 0.410 e. The standard InChI is InChI=1S/C35H46N6O4/c1-23-24(2)30(16-15-28(23)39-31(42)21-25-11-7-6-8-12-25)44-32-27(14-9-18-36-32)29-17-19-37-33(40-29)38-26-13-10-20-41(22-26)34(43)45-35(3,4)5/h9,14-19,25-26H,6-8,10-13,20-22H2,1-5H3,(H,39,42)(H,37,38,40). The van der Waals surface area contributed by atoms with Gasteiger partial charge in [-0.2, -0.15) is 0 Å². The number of carbonyl (C=O) groups is 2. The van der Waals surface area contributed by atoms with E-state index in [9.17, 15) is 9.59 Å². The van der Waals surface area contributed by atoms with E-state index in [1.54, 1.807) is 17.3 Å². The number of likely N-dealkylation sites (tertiary alicyclic amines) is 1. The Hall–Kier alpha value is -4.21. The van der Waals surface area contributed by atoms with Crippen molar-refractivity contribution in [1.29, 1.82) is 0 Å². The fraction of sp³-hybridized carbons (Fsp3) is 0.514. The summed E-state index contributed by atoms with van der Waals surface area (Å²) in [4.78, 5) is 40.9. The molecule has 1 aliphatic heterocycles. The summed E-state index contributed by atoms with van der Waals surface area (Å²) < 4.78 is 11.9. The minimum Gasteiger partial charge on any atom is -0.444 e. The lowest BCUT2D eigenvalue weighted by Crippen LogP contribution is -2.47. The number of piperidine rings is 1. The van der Waals surface area contributed by atoms with Crippen LogP contribution in [0.2, 0.25) is 0 Å². The molecule has 1 saturated heterocycles. The molecule has 3 aromatic rings. The van der Waals surface area contributed by atoms with Gasteiger partial charge in [0.05, 0.1) is 11.3 Å². The zero-order valence-electron chi connectivity index (χ0n) is 27.2. The highest BCUT2D eigenvalue weighted by atomic mass is 16.6. The molecule has 0 spiro atoms. The first-order chi connectivity index (χ1) is 21.6. The highest BCUT2D eigenvalue weighted by molar-refractivity contribution is 5.92. The molecule has 2 fully saturated rings. The van der Waals surface area contributed by atoms with Crippen LogP contribution in [-0.4, -0.2) is 56.6 Å². The number of nitrogens with zero attached hydrogens (tertiary/aromatic N) is 4. The summed E-state index contributed by atoms with van der Waals surface area (Å²) in [6, 6.07) is 9.37. The number of pyridine rings is 1. The normalized spacial score (nSPS) is 17.4. The monoisotopic (exact) mass is 614 g/mol. The third kappa shape index (κ3) is 8.71. The van der Waals surface area contributed by atoms with Crippen molar-refractivity contribution >= 4 is 23.6 Å². The molecule has 45 heavy (non-hydrogen) atoms. The van der Waals surface area contributed by atoms with Gasteiger partial charge in [-0.05, 0) is 108 Å².